The van der Waals surface area contributed by atoms with Gasteiger partial charge in [-0.15, -0.1) is 24.0 Å². The molecule has 0 bridgehead atoms. The Balaban J connectivity index is 0.00000392. The van der Waals surface area contributed by atoms with E-state index in [2.05, 4.69) is 20.3 Å². The molecule has 0 aliphatic heterocycles. The molecular weight excluding hydrogens is 525 g/mol. The summed E-state index contributed by atoms with van der Waals surface area (Å²) >= 11 is 5.80. The maximum Gasteiger partial charge on any atom is 0.240 e. The average Bonchev–Trinajstić information content (AvgIpc) is 2.63. The Hall–Kier alpha value is -1.50. The van der Waals surface area contributed by atoms with Gasteiger partial charge in [0.1, 0.15) is 11.6 Å². The maximum atomic E-state index is 13.6. The molecule has 0 unspecified atom stereocenters. The number of hydrogen-bond donors (Lipinski definition) is 3. The van der Waals surface area contributed by atoms with Gasteiger partial charge in [-0.05, 0) is 36.4 Å². The minimum absolute atomic E-state index is 0. The fraction of sp³-hybridized carbons (Fsp3) is 0.235. The summed E-state index contributed by atoms with van der Waals surface area (Å²) in [6.45, 7) is 0.340. The lowest BCUT2D eigenvalue weighted by Crippen LogP contribution is -2.41. The van der Waals surface area contributed by atoms with E-state index in [1.165, 1.54) is 19.2 Å². The van der Waals surface area contributed by atoms with Crippen LogP contribution in [0.25, 0.3) is 0 Å². The first-order chi connectivity index (χ1) is 12.8. The summed E-state index contributed by atoms with van der Waals surface area (Å²) in [5, 5.41) is 6.03. The molecule has 0 heterocycles. The molecule has 0 spiro atoms. The highest BCUT2D eigenvalue weighted by Gasteiger charge is 2.13. The largest absolute Gasteiger partial charge is 0.355 e. The zero-order chi connectivity index (χ0) is 19.9. The van der Waals surface area contributed by atoms with E-state index in [1.54, 1.807) is 12.1 Å². The zero-order valence-corrected chi connectivity index (χ0v) is 18.8. The van der Waals surface area contributed by atoms with Crippen LogP contribution in [-0.2, 0) is 16.6 Å². The molecule has 3 N–H and O–H groups in total. The molecule has 0 saturated heterocycles. The van der Waals surface area contributed by atoms with Crippen LogP contribution in [0.4, 0.5) is 8.78 Å². The van der Waals surface area contributed by atoms with Crippen LogP contribution in [0.2, 0.25) is 5.02 Å². The topological polar surface area (TPSA) is 82.6 Å². The molecule has 154 valence electrons. The summed E-state index contributed by atoms with van der Waals surface area (Å²) in [5.74, 6) is -0.749. The van der Waals surface area contributed by atoms with Crippen LogP contribution >= 0.6 is 35.6 Å². The van der Waals surface area contributed by atoms with Gasteiger partial charge in [0, 0.05) is 37.3 Å². The van der Waals surface area contributed by atoms with E-state index in [0.717, 1.165) is 18.2 Å². The highest BCUT2D eigenvalue weighted by molar-refractivity contribution is 14.0. The maximum absolute atomic E-state index is 13.6. The Bertz CT molecular complexity index is 929. The minimum atomic E-state index is -3.68. The van der Waals surface area contributed by atoms with Gasteiger partial charge in [0.05, 0.1) is 4.90 Å². The molecule has 0 aliphatic carbocycles. The Morgan fingerprint density at radius 1 is 1.11 bits per heavy atom. The first kappa shape index (κ1) is 24.5. The fourth-order valence-corrected chi connectivity index (χ4v) is 3.49. The van der Waals surface area contributed by atoms with Gasteiger partial charge in [-0.1, -0.05) is 17.7 Å². The van der Waals surface area contributed by atoms with Gasteiger partial charge < -0.3 is 10.6 Å². The first-order valence-corrected chi connectivity index (χ1v) is 9.81. The molecular formula is C17H20ClF2IN4O2S. The molecule has 0 amide bonds. The second kappa shape index (κ2) is 11.5. The Morgan fingerprint density at radius 2 is 1.86 bits per heavy atom. The monoisotopic (exact) mass is 544 g/mol. The molecule has 0 aromatic heterocycles. The Labute approximate surface area is 184 Å². The Morgan fingerprint density at radius 3 is 2.54 bits per heavy atom. The number of nitrogens with zero attached hydrogens (tertiary/aromatic N) is 1. The number of benzene rings is 2. The standard InChI is InChI=1S/C17H19ClF2N4O2S.HI/c1-21-17(23-11-12-9-14(19)5-6-16(12)20)22-7-8-24-27(25,26)15-4-2-3-13(18)10-15;/h2-6,9-10,24H,7-8,11H2,1H3,(H2,21,22,23);1H. The van der Waals surface area contributed by atoms with Crippen molar-refractivity contribution in [1.82, 2.24) is 15.4 Å². The minimum Gasteiger partial charge on any atom is -0.355 e. The lowest BCUT2D eigenvalue weighted by Gasteiger charge is -2.13. The SMILES string of the molecule is CN=C(NCCNS(=O)(=O)c1cccc(Cl)c1)NCc1cc(F)ccc1F.I. The predicted octanol–water partition coefficient (Wildman–Crippen LogP) is 2.88. The molecule has 6 nitrogen and oxygen atoms in total. The summed E-state index contributed by atoms with van der Waals surface area (Å²) in [7, 11) is -2.17. The normalized spacial score (nSPS) is 11.6. The number of halogens is 4. The van der Waals surface area contributed by atoms with E-state index in [-0.39, 0.29) is 54.1 Å². The highest BCUT2D eigenvalue weighted by Crippen LogP contribution is 2.14. The fourth-order valence-electron chi connectivity index (χ4n) is 2.16. The van der Waals surface area contributed by atoms with E-state index in [9.17, 15) is 17.2 Å². The van der Waals surface area contributed by atoms with Crippen molar-refractivity contribution in [2.75, 3.05) is 20.1 Å². The number of sulfonamides is 1. The number of rotatable bonds is 7. The van der Waals surface area contributed by atoms with Crippen LogP contribution in [0.15, 0.2) is 52.4 Å². The number of aliphatic imine (C=N–C) groups is 1. The first-order valence-electron chi connectivity index (χ1n) is 7.95. The van der Waals surface area contributed by atoms with Gasteiger partial charge in [0.15, 0.2) is 5.96 Å². The van der Waals surface area contributed by atoms with Crippen molar-refractivity contribution in [3.8, 4) is 0 Å². The second-order valence-electron chi connectivity index (χ2n) is 5.44. The van der Waals surface area contributed by atoms with Gasteiger partial charge in [-0.3, -0.25) is 4.99 Å². The summed E-state index contributed by atoms with van der Waals surface area (Å²) in [6.07, 6.45) is 0. The predicted molar refractivity (Wildman–Crippen MR) is 117 cm³/mol. The molecule has 2 rings (SSSR count). The van der Waals surface area contributed by atoms with E-state index >= 15 is 0 Å². The van der Waals surface area contributed by atoms with Crippen molar-refractivity contribution >= 4 is 51.6 Å². The summed E-state index contributed by atoms with van der Waals surface area (Å²) in [4.78, 5) is 4.01. The molecule has 0 atom stereocenters. The van der Waals surface area contributed by atoms with E-state index < -0.39 is 21.7 Å². The summed E-state index contributed by atoms with van der Waals surface area (Å²) in [5.41, 5.74) is 0.152. The van der Waals surface area contributed by atoms with Crippen molar-refractivity contribution in [2.24, 2.45) is 4.99 Å². The van der Waals surface area contributed by atoms with Gasteiger partial charge in [-0.2, -0.15) is 0 Å². The molecule has 0 aliphatic rings. The number of hydrogen-bond acceptors (Lipinski definition) is 3. The summed E-state index contributed by atoms with van der Waals surface area (Å²) < 4.78 is 53.5. The van der Waals surface area contributed by atoms with Crippen LogP contribution in [0.3, 0.4) is 0 Å². The van der Waals surface area contributed by atoms with Gasteiger partial charge in [0.25, 0.3) is 0 Å². The van der Waals surface area contributed by atoms with Crippen molar-refractivity contribution in [3.63, 3.8) is 0 Å². The third-order valence-corrected chi connectivity index (χ3v) is 5.19. The van der Waals surface area contributed by atoms with Gasteiger partial charge in [-0.25, -0.2) is 21.9 Å². The van der Waals surface area contributed by atoms with Crippen LogP contribution in [0.5, 0.6) is 0 Å². The van der Waals surface area contributed by atoms with E-state index in [0.29, 0.717) is 11.0 Å². The summed E-state index contributed by atoms with van der Waals surface area (Å²) in [6, 6.07) is 9.10. The van der Waals surface area contributed by atoms with E-state index in [1.807, 2.05) is 0 Å². The molecule has 0 saturated carbocycles. The third kappa shape index (κ3) is 7.49. The van der Waals surface area contributed by atoms with Crippen LogP contribution < -0.4 is 15.4 Å². The van der Waals surface area contributed by atoms with Crippen molar-refractivity contribution in [1.29, 1.82) is 0 Å². The van der Waals surface area contributed by atoms with Crippen molar-refractivity contribution in [3.05, 3.63) is 64.7 Å². The molecule has 0 fully saturated rings. The molecule has 2 aromatic rings. The van der Waals surface area contributed by atoms with Crippen LogP contribution in [-0.4, -0.2) is 34.5 Å². The van der Waals surface area contributed by atoms with Crippen LogP contribution in [0.1, 0.15) is 5.56 Å². The Kier molecular flexibility index (Phi) is 10.1. The number of nitrogens with one attached hydrogen (secondary N) is 3. The smallest absolute Gasteiger partial charge is 0.240 e. The molecule has 11 heteroatoms. The number of guanidine groups is 1. The average molecular weight is 545 g/mol. The lowest BCUT2D eigenvalue weighted by atomic mass is 10.2. The quantitative estimate of drug-likeness (QED) is 0.217. The van der Waals surface area contributed by atoms with Crippen LogP contribution in [0, 0.1) is 11.6 Å². The van der Waals surface area contributed by atoms with Crippen molar-refractivity contribution in [2.45, 2.75) is 11.4 Å². The van der Waals surface area contributed by atoms with Gasteiger partial charge >= 0.3 is 0 Å². The van der Waals surface area contributed by atoms with E-state index in [4.69, 9.17) is 11.6 Å². The zero-order valence-electron chi connectivity index (χ0n) is 14.9. The molecule has 0 radical (unpaired) electrons. The lowest BCUT2D eigenvalue weighted by molar-refractivity contribution is 0.578. The molecule has 28 heavy (non-hydrogen) atoms. The van der Waals surface area contributed by atoms with Crippen molar-refractivity contribution < 1.29 is 17.2 Å². The molecule has 2 aromatic carbocycles. The second-order valence-corrected chi connectivity index (χ2v) is 7.65. The highest BCUT2D eigenvalue weighted by atomic mass is 127. The van der Waals surface area contributed by atoms with Gasteiger partial charge in [0.2, 0.25) is 10.0 Å². The third-order valence-electron chi connectivity index (χ3n) is 3.49.